The Kier molecular flexibility index (Phi) is 5.53. The van der Waals surface area contributed by atoms with Gasteiger partial charge in [-0.05, 0) is 62.4 Å². The molecule has 1 N–H and O–H groups in total. The third kappa shape index (κ3) is 3.47. The van der Waals surface area contributed by atoms with E-state index in [1.807, 2.05) is 69.3 Å². The molecule has 2 aromatic rings. The Hall–Kier alpha value is -2.86. The van der Waals surface area contributed by atoms with Crippen LogP contribution in [-0.4, -0.2) is 40.2 Å². The van der Waals surface area contributed by atoms with Crippen LogP contribution in [-0.2, 0) is 21.6 Å². The summed E-state index contributed by atoms with van der Waals surface area (Å²) in [6, 6.07) is 15.0. The van der Waals surface area contributed by atoms with Crippen LogP contribution in [0.3, 0.4) is 0 Å². The summed E-state index contributed by atoms with van der Waals surface area (Å²) in [5, 5.41) is 9.40. The van der Waals surface area contributed by atoms with Crippen molar-refractivity contribution in [2.24, 2.45) is 5.92 Å². The van der Waals surface area contributed by atoms with Crippen molar-refractivity contribution in [1.82, 2.24) is 4.90 Å². The van der Waals surface area contributed by atoms with Crippen LogP contribution in [0.25, 0.3) is 0 Å². The number of rotatable bonds is 3. The van der Waals surface area contributed by atoms with Crippen molar-refractivity contribution >= 4 is 23.4 Å². The molecule has 2 aromatic carbocycles. The van der Waals surface area contributed by atoms with Gasteiger partial charge in [-0.15, -0.1) is 0 Å². The van der Waals surface area contributed by atoms with Crippen LogP contribution in [0.5, 0.6) is 0 Å². The molecule has 1 saturated heterocycles. The maximum absolute atomic E-state index is 14.2. The number of aliphatic hydroxyl groups is 1. The molecule has 2 aliphatic heterocycles. The Labute approximate surface area is 189 Å². The number of fused-ring (bicyclic) bond motifs is 2. The molecule has 32 heavy (non-hydrogen) atoms. The summed E-state index contributed by atoms with van der Waals surface area (Å²) < 4.78 is 5.70. The summed E-state index contributed by atoms with van der Waals surface area (Å²) in [4.78, 5) is 30.8. The van der Waals surface area contributed by atoms with E-state index in [-0.39, 0.29) is 30.6 Å². The van der Waals surface area contributed by atoms with Crippen molar-refractivity contribution in [3.05, 3.63) is 59.7 Å². The number of aliphatic hydroxyl groups excluding tert-OH is 1. The molecule has 1 spiro atoms. The van der Waals surface area contributed by atoms with Gasteiger partial charge >= 0.3 is 6.09 Å². The molecular weight excluding hydrogens is 404 g/mol. The third-order valence-electron chi connectivity index (χ3n) is 6.43. The van der Waals surface area contributed by atoms with Crippen LogP contribution in [0, 0.1) is 5.92 Å². The van der Waals surface area contributed by atoms with E-state index in [0.717, 1.165) is 22.5 Å². The number of carbonyl (C=O) groups is 2. The molecule has 2 atom stereocenters. The number of nitrogens with zero attached hydrogens (tertiary/aromatic N) is 2. The van der Waals surface area contributed by atoms with Crippen LogP contribution >= 0.6 is 0 Å². The normalized spacial score (nSPS) is 22.7. The number of benzene rings is 2. The Balaban J connectivity index is 1.81. The zero-order valence-corrected chi connectivity index (χ0v) is 19.5. The molecule has 0 unspecified atom stereocenters. The van der Waals surface area contributed by atoms with Crippen molar-refractivity contribution < 1.29 is 19.4 Å². The van der Waals surface area contributed by atoms with Crippen molar-refractivity contribution in [2.75, 3.05) is 11.4 Å². The third-order valence-corrected chi connectivity index (χ3v) is 6.43. The second-order valence-corrected chi connectivity index (χ2v) is 10.1. The van der Waals surface area contributed by atoms with E-state index in [9.17, 15) is 14.7 Å². The van der Waals surface area contributed by atoms with E-state index in [4.69, 9.17) is 4.74 Å². The Morgan fingerprint density at radius 3 is 2.41 bits per heavy atom. The minimum absolute atomic E-state index is 0.0137. The molecule has 0 aliphatic carbocycles. The van der Waals surface area contributed by atoms with Gasteiger partial charge < -0.3 is 14.7 Å². The summed E-state index contributed by atoms with van der Waals surface area (Å²) in [6.07, 6.45) is 0.181. The van der Waals surface area contributed by atoms with E-state index in [2.05, 4.69) is 13.8 Å². The topological polar surface area (TPSA) is 70.1 Å². The predicted molar refractivity (Wildman–Crippen MR) is 124 cm³/mol. The monoisotopic (exact) mass is 436 g/mol. The lowest BCUT2D eigenvalue weighted by Crippen LogP contribution is -2.53. The minimum Gasteiger partial charge on any atom is -0.444 e. The zero-order valence-electron chi connectivity index (χ0n) is 19.5. The first-order chi connectivity index (χ1) is 15.1. The summed E-state index contributed by atoms with van der Waals surface area (Å²) >= 11 is 0. The highest BCUT2D eigenvalue weighted by atomic mass is 16.6. The molecule has 170 valence electrons. The summed E-state index contributed by atoms with van der Waals surface area (Å²) in [5.74, 6) is 0.0407. The molecule has 6 nitrogen and oxygen atoms in total. The minimum atomic E-state index is -0.822. The van der Waals surface area contributed by atoms with Crippen molar-refractivity contribution in [3.8, 4) is 0 Å². The zero-order chi connectivity index (χ0) is 23.3. The number of hydrogen-bond acceptors (Lipinski definition) is 4. The van der Waals surface area contributed by atoms with Crippen LogP contribution in [0.2, 0.25) is 0 Å². The highest BCUT2D eigenvalue weighted by Crippen LogP contribution is 2.54. The van der Waals surface area contributed by atoms with Gasteiger partial charge in [-0.25, -0.2) is 4.79 Å². The van der Waals surface area contributed by atoms with E-state index in [1.165, 1.54) is 0 Å². The van der Waals surface area contributed by atoms with E-state index in [1.54, 1.807) is 9.80 Å². The van der Waals surface area contributed by atoms with Gasteiger partial charge in [0.25, 0.3) is 0 Å². The SMILES string of the molecule is CC(C)[C@@H]1N(C(=O)OC(C)(C)C)CC[C@@]12C(=O)N(c1ccc(CO)cc1)c1ccccc12. The smallest absolute Gasteiger partial charge is 0.410 e. The second-order valence-electron chi connectivity index (χ2n) is 10.1. The number of anilines is 2. The fraction of sp³-hybridized carbons (Fsp3) is 0.462. The maximum Gasteiger partial charge on any atom is 0.410 e. The number of carbonyl (C=O) groups excluding carboxylic acids is 2. The average molecular weight is 437 g/mol. The van der Waals surface area contributed by atoms with Gasteiger partial charge in [0.15, 0.2) is 0 Å². The molecule has 2 amide bonds. The molecule has 4 rings (SSSR count). The number of amides is 2. The first-order valence-corrected chi connectivity index (χ1v) is 11.2. The van der Waals surface area contributed by atoms with Gasteiger partial charge in [0.05, 0.1) is 23.8 Å². The second kappa shape index (κ2) is 7.93. The van der Waals surface area contributed by atoms with Gasteiger partial charge in [0, 0.05) is 12.2 Å². The number of ether oxygens (including phenoxy) is 1. The first-order valence-electron chi connectivity index (χ1n) is 11.2. The van der Waals surface area contributed by atoms with E-state index >= 15 is 0 Å². The average Bonchev–Trinajstić information content (AvgIpc) is 3.25. The van der Waals surface area contributed by atoms with E-state index in [0.29, 0.717) is 13.0 Å². The van der Waals surface area contributed by atoms with Crippen molar-refractivity contribution in [2.45, 2.75) is 64.7 Å². The van der Waals surface area contributed by atoms with Gasteiger partial charge in [0.1, 0.15) is 5.60 Å². The lowest BCUT2D eigenvalue weighted by molar-refractivity contribution is -0.123. The van der Waals surface area contributed by atoms with Crippen LogP contribution in [0.1, 0.15) is 52.2 Å². The Bertz CT molecular complexity index is 1020. The summed E-state index contributed by atoms with van der Waals surface area (Å²) in [6.45, 7) is 10.1. The van der Waals surface area contributed by atoms with Crippen LogP contribution < -0.4 is 4.90 Å². The molecule has 2 aliphatic rings. The molecule has 0 saturated carbocycles. The molecule has 6 heteroatoms. The van der Waals surface area contributed by atoms with Gasteiger partial charge in [0.2, 0.25) is 5.91 Å². The van der Waals surface area contributed by atoms with Crippen molar-refractivity contribution in [3.63, 3.8) is 0 Å². The molecular formula is C26H32N2O4. The lowest BCUT2D eigenvalue weighted by Gasteiger charge is -2.37. The standard InChI is InChI=1S/C26H32N2O4/c1-17(2)22-26(14-15-27(22)24(31)32-25(3,4)5)20-8-6-7-9-21(20)28(23(26)30)19-12-10-18(16-29)11-13-19/h6-13,17,22,29H,14-16H2,1-5H3/t22-,26-/m0/s1. The highest BCUT2D eigenvalue weighted by molar-refractivity contribution is 6.14. The molecule has 0 radical (unpaired) electrons. The fourth-order valence-corrected chi connectivity index (χ4v) is 5.31. The van der Waals surface area contributed by atoms with Gasteiger partial charge in [-0.3, -0.25) is 9.69 Å². The highest BCUT2D eigenvalue weighted by Gasteiger charge is 2.62. The summed E-state index contributed by atoms with van der Waals surface area (Å²) in [7, 11) is 0. The predicted octanol–water partition coefficient (Wildman–Crippen LogP) is 4.76. The Morgan fingerprint density at radius 1 is 1.16 bits per heavy atom. The first kappa shape index (κ1) is 22.3. The quantitative estimate of drug-likeness (QED) is 0.753. The Morgan fingerprint density at radius 2 is 1.81 bits per heavy atom. The molecule has 2 heterocycles. The number of hydrogen-bond donors (Lipinski definition) is 1. The number of para-hydroxylation sites is 1. The molecule has 0 bridgehead atoms. The van der Waals surface area contributed by atoms with Crippen molar-refractivity contribution in [1.29, 1.82) is 0 Å². The lowest BCUT2D eigenvalue weighted by atomic mass is 9.71. The molecule has 0 aromatic heterocycles. The molecule has 1 fully saturated rings. The maximum atomic E-state index is 14.2. The number of likely N-dealkylation sites (tertiary alicyclic amines) is 1. The van der Waals surface area contributed by atoms with Crippen LogP contribution in [0.15, 0.2) is 48.5 Å². The van der Waals surface area contributed by atoms with Gasteiger partial charge in [-0.2, -0.15) is 0 Å². The fourth-order valence-electron chi connectivity index (χ4n) is 5.31. The van der Waals surface area contributed by atoms with E-state index < -0.39 is 11.0 Å². The van der Waals surface area contributed by atoms with Gasteiger partial charge in [-0.1, -0.05) is 44.2 Å². The summed E-state index contributed by atoms with van der Waals surface area (Å²) in [5.41, 5.74) is 1.94. The van der Waals surface area contributed by atoms with Crippen LogP contribution in [0.4, 0.5) is 16.2 Å². The largest absolute Gasteiger partial charge is 0.444 e.